The maximum Gasteiger partial charge on any atom is 0.338 e. The summed E-state index contributed by atoms with van der Waals surface area (Å²) in [5, 5.41) is 11.9. The van der Waals surface area contributed by atoms with E-state index in [0.717, 1.165) is 12.3 Å². The minimum atomic E-state index is -0.953. The standard InChI is InChI=1S/C11H17NO3S/c1-8(7-16-2)4-12-5-10-3-9(6-15-10)11(13)14/h3,6,8,12H,4-5,7H2,1-2H3,(H,13,14). The third kappa shape index (κ3) is 4.28. The monoisotopic (exact) mass is 243 g/mol. The molecule has 0 aliphatic rings. The molecule has 0 spiro atoms. The van der Waals surface area contributed by atoms with Crippen LogP contribution in [0.5, 0.6) is 0 Å². The Morgan fingerprint density at radius 1 is 1.69 bits per heavy atom. The molecule has 1 rings (SSSR count). The van der Waals surface area contributed by atoms with Crippen molar-refractivity contribution in [3.8, 4) is 0 Å². The molecular formula is C11H17NO3S. The summed E-state index contributed by atoms with van der Waals surface area (Å²) in [6, 6.07) is 1.55. The van der Waals surface area contributed by atoms with Crippen molar-refractivity contribution in [2.24, 2.45) is 5.92 Å². The summed E-state index contributed by atoms with van der Waals surface area (Å²) in [6.45, 7) is 3.66. The molecule has 0 saturated heterocycles. The number of hydrogen-bond donors (Lipinski definition) is 2. The fourth-order valence-corrected chi connectivity index (χ4v) is 2.06. The lowest BCUT2D eigenvalue weighted by atomic mass is 10.2. The van der Waals surface area contributed by atoms with E-state index in [1.54, 1.807) is 6.07 Å². The van der Waals surface area contributed by atoms with Crippen molar-refractivity contribution in [3.05, 3.63) is 23.7 Å². The third-order valence-electron chi connectivity index (χ3n) is 2.14. The van der Waals surface area contributed by atoms with Crippen LogP contribution in [0.2, 0.25) is 0 Å². The molecule has 1 unspecified atom stereocenters. The van der Waals surface area contributed by atoms with E-state index in [-0.39, 0.29) is 5.56 Å². The van der Waals surface area contributed by atoms with Crippen LogP contribution >= 0.6 is 11.8 Å². The van der Waals surface area contributed by atoms with Crippen LogP contribution in [0.3, 0.4) is 0 Å². The minimum absolute atomic E-state index is 0.203. The highest BCUT2D eigenvalue weighted by Gasteiger charge is 2.08. The van der Waals surface area contributed by atoms with E-state index >= 15 is 0 Å². The number of carboxylic acid groups (broad SMARTS) is 1. The van der Waals surface area contributed by atoms with Crippen molar-refractivity contribution in [3.63, 3.8) is 0 Å². The normalized spacial score (nSPS) is 12.6. The molecule has 0 saturated carbocycles. The molecule has 90 valence electrons. The highest BCUT2D eigenvalue weighted by Crippen LogP contribution is 2.08. The van der Waals surface area contributed by atoms with E-state index in [4.69, 9.17) is 9.52 Å². The molecule has 0 amide bonds. The molecule has 1 aromatic rings. The molecular weight excluding hydrogens is 226 g/mol. The Kier molecular flexibility index (Phi) is 5.42. The third-order valence-corrected chi connectivity index (χ3v) is 3.05. The Bertz CT molecular complexity index is 338. The van der Waals surface area contributed by atoms with Crippen LogP contribution in [0.25, 0.3) is 0 Å². The van der Waals surface area contributed by atoms with Gasteiger partial charge in [0.1, 0.15) is 12.0 Å². The fourth-order valence-electron chi connectivity index (χ4n) is 1.37. The van der Waals surface area contributed by atoms with Crippen molar-refractivity contribution >= 4 is 17.7 Å². The maximum atomic E-state index is 10.6. The van der Waals surface area contributed by atoms with Crippen molar-refractivity contribution in [1.29, 1.82) is 0 Å². The Balaban J connectivity index is 2.29. The Morgan fingerprint density at radius 3 is 3.00 bits per heavy atom. The number of thioether (sulfide) groups is 1. The highest BCUT2D eigenvalue weighted by atomic mass is 32.2. The van der Waals surface area contributed by atoms with Gasteiger partial charge in [0.2, 0.25) is 0 Å². The number of furan rings is 1. The van der Waals surface area contributed by atoms with Gasteiger partial charge in [-0.2, -0.15) is 11.8 Å². The van der Waals surface area contributed by atoms with Crippen LogP contribution in [0.4, 0.5) is 0 Å². The van der Waals surface area contributed by atoms with Crippen LogP contribution in [-0.4, -0.2) is 29.6 Å². The smallest absolute Gasteiger partial charge is 0.338 e. The van der Waals surface area contributed by atoms with E-state index in [0.29, 0.717) is 18.2 Å². The number of nitrogens with one attached hydrogen (secondary N) is 1. The summed E-state index contributed by atoms with van der Waals surface area (Å²) >= 11 is 1.82. The molecule has 1 heterocycles. The van der Waals surface area contributed by atoms with Crippen LogP contribution in [0.1, 0.15) is 23.0 Å². The molecule has 0 aliphatic carbocycles. The van der Waals surface area contributed by atoms with Gasteiger partial charge in [-0.3, -0.25) is 0 Å². The van der Waals surface area contributed by atoms with Gasteiger partial charge in [0, 0.05) is 0 Å². The van der Waals surface area contributed by atoms with Gasteiger partial charge >= 0.3 is 5.97 Å². The molecule has 0 fully saturated rings. The van der Waals surface area contributed by atoms with Gasteiger partial charge in [-0.05, 0) is 30.5 Å². The van der Waals surface area contributed by atoms with Gasteiger partial charge < -0.3 is 14.8 Å². The number of aromatic carboxylic acids is 1. The Hall–Kier alpha value is -0.940. The quantitative estimate of drug-likeness (QED) is 0.767. The first-order valence-corrected chi connectivity index (χ1v) is 6.53. The SMILES string of the molecule is CSCC(C)CNCc1cc(C(=O)O)co1. The molecule has 0 radical (unpaired) electrons. The number of carbonyl (C=O) groups is 1. The maximum absolute atomic E-state index is 10.6. The minimum Gasteiger partial charge on any atom is -0.478 e. The molecule has 1 atom stereocenters. The zero-order chi connectivity index (χ0) is 12.0. The van der Waals surface area contributed by atoms with Crippen LogP contribution in [-0.2, 0) is 6.54 Å². The first-order valence-electron chi connectivity index (χ1n) is 5.14. The van der Waals surface area contributed by atoms with Gasteiger partial charge in [0.05, 0.1) is 12.1 Å². The highest BCUT2D eigenvalue weighted by molar-refractivity contribution is 7.98. The average Bonchev–Trinajstić information content (AvgIpc) is 2.67. The van der Waals surface area contributed by atoms with Crippen molar-refractivity contribution < 1.29 is 14.3 Å². The molecule has 4 nitrogen and oxygen atoms in total. The topological polar surface area (TPSA) is 62.5 Å². The van der Waals surface area contributed by atoms with Crippen LogP contribution < -0.4 is 5.32 Å². The first-order chi connectivity index (χ1) is 7.63. The van der Waals surface area contributed by atoms with Gasteiger partial charge in [0.25, 0.3) is 0 Å². The summed E-state index contributed by atoms with van der Waals surface area (Å²) in [5.74, 6) is 1.43. The molecule has 16 heavy (non-hydrogen) atoms. The lowest BCUT2D eigenvalue weighted by molar-refractivity contribution is 0.0696. The molecule has 2 N–H and O–H groups in total. The second-order valence-corrected chi connectivity index (χ2v) is 4.71. The largest absolute Gasteiger partial charge is 0.478 e. The molecule has 0 aromatic carbocycles. The van der Waals surface area contributed by atoms with E-state index in [2.05, 4.69) is 18.5 Å². The van der Waals surface area contributed by atoms with E-state index in [9.17, 15) is 4.79 Å². The second kappa shape index (κ2) is 6.60. The van der Waals surface area contributed by atoms with Gasteiger partial charge in [-0.25, -0.2) is 4.79 Å². The fraction of sp³-hybridized carbons (Fsp3) is 0.545. The molecule has 5 heteroatoms. The predicted molar refractivity (Wildman–Crippen MR) is 64.9 cm³/mol. The van der Waals surface area contributed by atoms with E-state index < -0.39 is 5.97 Å². The Morgan fingerprint density at radius 2 is 2.44 bits per heavy atom. The lowest BCUT2D eigenvalue weighted by Crippen LogP contribution is -2.21. The van der Waals surface area contributed by atoms with Gasteiger partial charge in [-0.1, -0.05) is 6.92 Å². The summed E-state index contributed by atoms with van der Waals surface area (Å²) in [5.41, 5.74) is 0.203. The zero-order valence-electron chi connectivity index (χ0n) is 9.53. The number of hydrogen-bond acceptors (Lipinski definition) is 4. The predicted octanol–water partition coefficient (Wildman–Crippen LogP) is 2.07. The number of rotatable bonds is 7. The van der Waals surface area contributed by atoms with Crippen LogP contribution in [0, 0.1) is 5.92 Å². The molecule has 1 aromatic heterocycles. The van der Waals surface area contributed by atoms with Gasteiger partial charge in [-0.15, -0.1) is 0 Å². The summed E-state index contributed by atoms with van der Waals surface area (Å²) < 4.78 is 5.12. The Labute approximate surface area is 99.4 Å². The van der Waals surface area contributed by atoms with Crippen molar-refractivity contribution in [1.82, 2.24) is 5.32 Å². The van der Waals surface area contributed by atoms with Crippen LogP contribution in [0.15, 0.2) is 16.7 Å². The van der Waals surface area contributed by atoms with Crippen molar-refractivity contribution in [2.75, 3.05) is 18.6 Å². The summed E-state index contributed by atoms with van der Waals surface area (Å²) in [6.07, 6.45) is 3.35. The molecule has 0 bridgehead atoms. The lowest BCUT2D eigenvalue weighted by Gasteiger charge is -2.09. The molecule has 0 aliphatic heterocycles. The zero-order valence-corrected chi connectivity index (χ0v) is 10.3. The first kappa shape index (κ1) is 13.1. The summed E-state index contributed by atoms with van der Waals surface area (Å²) in [4.78, 5) is 10.6. The second-order valence-electron chi connectivity index (χ2n) is 3.80. The summed E-state index contributed by atoms with van der Waals surface area (Å²) in [7, 11) is 0. The number of carboxylic acids is 1. The average molecular weight is 243 g/mol. The van der Waals surface area contributed by atoms with E-state index in [1.165, 1.54) is 6.26 Å². The van der Waals surface area contributed by atoms with E-state index in [1.807, 2.05) is 11.8 Å². The van der Waals surface area contributed by atoms with Crippen molar-refractivity contribution in [2.45, 2.75) is 13.5 Å². The van der Waals surface area contributed by atoms with Gasteiger partial charge in [0.15, 0.2) is 0 Å².